The molecule has 3 heteroatoms. The van der Waals surface area contributed by atoms with E-state index >= 15 is 0 Å². The molecule has 0 radical (unpaired) electrons. The van der Waals surface area contributed by atoms with E-state index in [1.165, 1.54) is 0 Å². The van der Waals surface area contributed by atoms with Crippen LogP contribution < -0.4 is 5.32 Å². The molecule has 11 heavy (non-hydrogen) atoms. The average molecular weight is 152 g/mol. The number of aromatic nitrogens is 1. The standard InChI is InChI=1S/C8H12N2O/c1-6-3-4-8(9-5-6)10-7(2)11/h3-5,7,11H,1-2H3,(H,9,10). The summed E-state index contributed by atoms with van der Waals surface area (Å²) in [7, 11) is 0. The highest BCUT2D eigenvalue weighted by molar-refractivity contribution is 5.35. The van der Waals surface area contributed by atoms with Gasteiger partial charge in [0.1, 0.15) is 12.0 Å². The van der Waals surface area contributed by atoms with E-state index in [4.69, 9.17) is 5.11 Å². The van der Waals surface area contributed by atoms with Crippen molar-refractivity contribution in [3.05, 3.63) is 23.9 Å². The molecule has 60 valence electrons. The van der Waals surface area contributed by atoms with Crippen molar-refractivity contribution in [2.24, 2.45) is 0 Å². The molecule has 2 N–H and O–H groups in total. The number of pyridine rings is 1. The topological polar surface area (TPSA) is 45.1 Å². The van der Waals surface area contributed by atoms with E-state index in [0.29, 0.717) is 5.82 Å². The van der Waals surface area contributed by atoms with Gasteiger partial charge in [-0.05, 0) is 25.5 Å². The van der Waals surface area contributed by atoms with Crippen LogP contribution in [0, 0.1) is 6.92 Å². The molecule has 1 heterocycles. The number of hydrogen-bond donors (Lipinski definition) is 2. The van der Waals surface area contributed by atoms with Crippen LogP contribution in [0.5, 0.6) is 0 Å². The number of aryl methyl sites for hydroxylation is 1. The van der Waals surface area contributed by atoms with Crippen molar-refractivity contribution in [1.29, 1.82) is 0 Å². The largest absolute Gasteiger partial charge is 0.374 e. The van der Waals surface area contributed by atoms with E-state index in [-0.39, 0.29) is 0 Å². The van der Waals surface area contributed by atoms with Crippen LogP contribution in [0.15, 0.2) is 18.3 Å². The van der Waals surface area contributed by atoms with E-state index in [2.05, 4.69) is 10.3 Å². The minimum atomic E-state index is -0.551. The molecule has 0 amide bonds. The van der Waals surface area contributed by atoms with Gasteiger partial charge in [-0.15, -0.1) is 0 Å². The summed E-state index contributed by atoms with van der Waals surface area (Å²) < 4.78 is 0. The Morgan fingerprint density at radius 3 is 2.73 bits per heavy atom. The molecular weight excluding hydrogens is 140 g/mol. The fraction of sp³-hybridized carbons (Fsp3) is 0.375. The van der Waals surface area contributed by atoms with Gasteiger partial charge in [0.15, 0.2) is 0 Å². The van der Waals surface area contributed by atoms with Crippen molar-refractivity contribution in [3.8, 4) is 0 Å². The van der Waals surface area contributed by atoms with Crippen molar-refractivity contribution >= 4 is 5.82 Å². The highest BCUT2D eigenvalue weighted by Crippen LogP contribution is 2.03. The third-order valence-electron chi connectivity index (χ3n) is 1.27. The second kappa shape index (κ2) is 3.34. The molecule has 1 unspecified atom stereocenters. The number of rotatable bonds is 2. The molecule has 0 saturated carbocycles. The lowest BCUT2D eigenvalue weighted by Gasteiger charge is -2.07. The Hall–Kier alpha value is -1.09. The van der Waals surface area contributed by atoms with E-state index < -0.39 is 6.23 Å². The van der Waals surface area contributed by atoms with Crippen LogP contribution in [0.1, 0.15) is 12.5 Å². The Bertz CT molecular complexity index is 218. The van der Waals surface area contributed by atoms with Crippen molar-refractivity contribution in [2.75, 3.05) is 5.32 Å². The maximum absolute atomic E-state index is 8.92. The molecule has 3 nitrogen and oxygen atoms in total. The summed E-state index contributed by atoms with van der Waals surface area (Å²) in [5.41, 5.74) is 1.11. The third-order valence-corrected chi connectivity index (χ3v) is 1.27. The van der Waals surface area contributed by atoms with Crippen LogP contribution in [0.25, 0.3) is 0 Å². The molecule has 0 aromatic carbocycles. The van der Waals surface area contributed by atoms with Crippen LogP contribution in [0.3, 0.4) is 0 Å². The molecule has 0 aliphatic heterocycles. The third kappa shape index (κ3) is 2.55. The zero-order valence-corrected chi connectivity index (χ0v) is 6.70. The Morgan fingerprint density at radius 1 is 1.55 bits per heavy atom. The fourth-order valence-corrected chi connectivity index (χ4v) is 0.767. The first-order chi connectivity index (χ1) is 5.18. The average Bonchev–Trinajstić information content (AvgIpc) is 1.93. The van der Waals surface area contributed by atoms with Gasteiger partial charge < -0.3 is 10.4 Å². The van der Waals surface area contributed by atoms with E-state index in [1.54, 1.807) is 13.1 Å². The summed E-state index contributed by atoms with van der Waals surface area (Å²) in [5, 5.41) is 11.7. The second-order valence-electron chi connectivity index (χ2n) is 2.54. The van der Waals surface area contributed by atoms with Gasteiger partial charge in [-0.1, -0.05) is 6.07 Å². The normalized spacial score (nSPS) is 12.6. The number of anilines is 1. The fourth-order valence-electron chi connectivity index (χ4n) is 0.767. The van der Waals surface area contributed by atoms with Gasteiger partial charge in [0.2, 0.25) is 0 Å². The van der Waals surface area contributed by atoms with E-state index in [1.807, 2.05) is 19.1 Å². The molecule has 0 aliphatic rings. The minimum absolute atomic E-state index is 0.551. The summed E-state index contributed by atoms with van der Waals surface area (Å²) in [4.78, 5) is 4.05. The molecule has 0 saturated heterocycles. The summed E-state index contributed by atoms with van der Waals surface area (Å²) in [6, 6.07) is 3.78. The minimum Gasteiger partial charge on any atom is -0.374 e. The summed E-state index contributed by atoms with van der Waals surface area (Å²) in [6.07, 6.45) is 1.20. The van der Waals surface area contributed by atoms with Crippen molar-refractivity contribution in [3.63, 3.8) is 0 Å². The lowest BCUT2D eigenvalue weighted by Crippen LogP contribution is -2.14. The zero-order valence-electron chi connectivity index (χ0n) is 6.70. The van der Waals surface area contributed by atoms with Crippen LogP contribution in [-0.2, 0) is 0 Å². The molecule has 1 rings (SSSR count). The zero-order chi connectivity index (χ0) is 8.27. The lowest BCUT2D eigenvalue weighted by molar-refractivity contribution is 0.224. The molecule has 1 atom stereocenters. The Labute approximate surface area is 66.1 Å². The molecule has 0 fully saturated rings. The first-order valence-corrected chi connectivity index (χ1v) is 3.56. The van der Waals surface area contributed by atoms with Crippen molar-refractivity contribution in [2.45, 2.75) is 20.1 Å². The smallest absolute Gasteiger partial charge is 0.127 e. The van der Waals surface area contributed by atoms with Crippen LogP contribution in [0.4, 0.5) is 5.82 Å². The highest BCUT2D eigenvalue weighted by Gasteiger charge is 1.95. The maximum Gasteiger partial charge on any atom is 0.127 e. The van der Waals surface area contributed by atoms with Gasteiger partial charge in [0.25, 0.3) is 0 Å². The highest BCUT2D eigenvalue weighted by atomic mass is 16.3. The Morgan fingerprint density at radius 2 is 2.27 bits per heavy atom. The summed E-state index contributed by atoms with van der Waals surface area (Å²) >= 11 is 0. The van der Waals surface area contributed by atoms with Crippen LogP contribution in [0.2, 0.25) is 0 Å². The monoisotopic (exact) mass is 152 g/mol. The van der Waals surface area contributed by atoms with Gasteiger partial charge in [-0.2, -0.15) is 0 Å². The van der Waals surface area contributed by atoms with Crippen LogP contribution in [-0.4, -0.2) is 16.3 Å². The second-order valence-corrected chi connectivity index (χ2v) is 2.54. The molecule has 0 aliphatic carbocycles. The van der Waals surface area contributed by atoms with Gasteiger partial charge in [0, 0.05) is 6.20 Å². The number of nitrogens with zero attached hydrogens (tertiary/aromatic N) is 1. The van der Waals surface area contributed by atoms with E-state index in [0.717, 1.165) is 5.56 Å². The Balaban J connectivity index is 2.66. The molecule has 0 spiro atoms. The molecule has 1 aromatic heterocycles. The summed E-state index contributed by atoms with van der Waals surface area (Å²) in [5.74, 6) is 0.700. The lowest BCUT2D eigenvalue weighted by atomic mass is 10.3. The predicted molar refractivity (Wildman–Crippen MR) is 44.3 cm³/mol. The first-order valence-electron chi connectivity index (χ1n) is 3.56. The number of nitrogens with one attached hydrogen (secondary N) is 1. The van der Waals surface area contributed by atoms with Crippen molar-refractivity contribution in [1.82, 2.24) is 4.98 Å². The summed E-state index contributed by atoms with van der Waals surface area (Å²) in [6.45, 7) is 3.63. The van der Waals surface area contributed by atoms with Gasteiger partial charge >= 0.3 is 0 Å². The number of aliphatic hydroxyl groups is 1. The van der Waals surface area contributed by atoms with Crippen LogP contribution >= 0.6 is 0 Å². The predicted octanol–water partition coefficient (Wildman–Crippen LogP) is 1.14. The molecule has 0 bridgehead atoms. The molecule has 1 aromatic rings. The maximum atomic E-state index is 8.92. The number of hydrogen-bond acceptors (Lipinski definition) is 3. The van der Waals surface area contributed by atoms with Crippen molar-refractivity contribution < 1.29 is 5.11 Å². The van der Waals surface area contributed by atoms with Gasteiger partial charge in [0.05, 0.1) is 0 Å². The molecular formula is C8H12N2O. The quantitative estimate of drug-likeness (QED) is 0.624. The van der Waals surface area contributed by atoms with E-state index in [9.17, 15) is 0 Å². The Kier molecular flexibility index (Phi) is 2.44. The first kappa shape index (κ1) is 8.01. The SMILES string of the molecule is Cc1ccc(NC(C)O)nc1. The number of aliphatic hydroxyl groups excluding tert-OH is 1. The van der Waals surface area contributed by atoms with Gasteiger partial charge in [-0.25, -0.2) is 4.98 Å². The van der Waals surface area contributed by atoms with Gasteiger partial charge in [-0.3, -0.25) is 0 Å².